The number of hydrogen-bond donors (Lipinski definition) is 0. The van der Waals surface area contributed by atoms with E-state index in [-0.39, 0.29) is 0 Å². The first-order valence-corrected chi connectivity index (χ1v) is 6.28. The molecule has 2 aromatic rings. The minimum Gasteiger partial charge on any atom is -0.463 e. The predicted octanol–water partition coefficient (Wildman–Crippen LogP) is 4.18. The molecule has 0 atom stereocenters. The quantitative estimate of drug-likeness (QED) is 0.621. The van der Waals surface area contributed by atoms with Gasteiger partial charge in [-0.15, -0.1) is 0 Å². The van der Waals surface area contributed by atoms with Gasteiger partial charge in [-0.25, -0.2) is 4.79 Å². The Hall–Kier alpha value is -2.00. The van der Waals surface area contributed by atoms with E-state index in [2.05, 4.69) is 0 Å². The second-order valence-electron chi connectivity index (χ2n) is 3.77. The standard InChI is InChI=1S/C15H13ClO3/c1-2-18-15(17)10-8-11-7-9-14(19-11)12-5-3-4-6-13(12)16/h3-10H,2H2,1H3. The summed E-state index contributed by atoms with van der Waals surface area (Å²) in [6.45, 7) is 2.11. The van der Waals surface area contributed by atoms with Crippen molar-refractivity contribution in [1.29, 1.82) is 0 Å². The summed E-state index contributed by atoms with van der Waals surface area (Å²) in [5, 5.41) is 0.623. The third-order valence-electron chi connectivity index (χ3n) is 2.44. The first-order valence-electron chi connectivity index (χ1n) is 5.90. The van der Waals surface area contributed by atoms with Crippen LogP contribution in [0.15, 0.2) is 46.9 Å². The van der Waals surface area contributed by atoms with E-state index in [4.69, 9.17) is 20.8 Å². The van der Waals surface area contributed by atoms with Crippen LogP contribution in [0.4, 0.5) is 0 Å². The number of carbonyl (C=O) groups is 1. The number of hydrogen-bond acceptors (Lipinski definition) is 3. The fraction of sp³-hybridized carbons (Fsp3) is 0.133. The first-order chi connectivity index (χ1) is 9.20. The predicted molar refractivity (Wildman–Crippen MR) is 74.8 cm³/mol. The number of halogens is 1. The van der Waals surface area contributed by atoms with Gasteiger partial charge in [-0.3, -0.25) is 0 Å². The molecule has 98 valence electrons. The zero-order valence-corrected chi connectivity index (χ0v) is 11.2. The molecule has 0 amide bonds. The Labute approximate surface area is 116 Å². The van der Waals surface area contributed by atoms with Crippen molar-refractivity contribution in [3.63, 3.8) is 0 Å². The average Bonchev–Trinajstić information content (AvgIpc) is 2.86. The molecule has 0 saturated carbocycles. The molecule has 3 nitrogen and oxygen atoms in total. The summed E-state index contributed by atoms with van der Waals surface area (Å²) in [5.41, 5.74) is 0.819. The zero-order valence-electron chi connectivity index (χ0n) is 10.4. The first kappa shape index (κ1) is 13.4. The van der Waals surface area contributed by atoms with Crippen LogP contribution in [0.1, 0.15) is 12.7 Å². The fourth-order valence-electron chi connectivity index (χ4n) is 1.59. The fourth-order valence-corrected chi connectivity index (χ4v) is 1.82. The molecule has 0 radical (unpaired) electrons. The maximum absolute atomic E-state index is 11.2. The molecule has 0 aliphatic heterocycles. The van der Waals surface area contributed by atoms with E-state index in [1.807, 2.05) is 24.3 Å². The molecular formula is C15H13ClO3. The van der Waals surface area contributed by atoms with Gasteiger partial charge in [0.1, 0.15) is 11.5 Å². The second-order valence-corrected chi connectivity index (χ2v) is 4.17. The topological polar surface area (TPSA) is 39.4 Å². The van der Waals surface area contributed by atoms with Crippen molar-refractivity contribution < 1.29 is 13.9 Å². The van der Waals surface area contributed by atoms with Gasteiger partial charge in [0.05, 0.1) is 11.6 Å². The highest BCUT2D eigenvalue weighted by Gasteiger charge is 2.06. The SMILES string of the molecule is CCOC(=O)C=Cc1ccc(-c2ccccc2Cl)o1. The van der Waals surface area contributed by atoms with Crippen LogP contribution in [-0.2, 0) is 9.53 Å². The monoisotopic (exact) mass is 276 g/mol. The lowest BCUT2D eigenvalue weighted by molar-refractivity contribution is -0.137. The summed E-state index contributed by atoms with van der Waals surface area (Å²) in [6, 6.07) is 11.0. The van der Waals surface area contributed by atoms with Crippen LogP contribution < -0.4 is 0 Å². The Morgan fingerprint density at radius 2 is 2.11 bits per heavy atom. The Bertz CT molecular complexity index is 599. The molecule has 4 heteroatoms. The molecule has 0 aliphatic rings. The van der Waals surface area contributed by atoms with E-state index in [0.29, 0.717) is 23.2 Å². The highest BCUT2D eigenvalue weighted by atomic mass is 35.5. The maximum Gasteiger partial charge on any atom is 0.330 e. The average molecular weight is 277 g/mol. The molecule has 1 aromatic heterocycles. The van der Waals surface area contributed by atoms with Gasteiger partial charge < -0.3 is 9.15 Å². The summed E-state index contributed by atoms with van der Waals surface area (Å²) in [7, 11) is 0. The lowest BCUT2D eigenvalue weighted by Crippen LogP contribution is -1.98. The molecule has 0 aliphatic carbocycles. The number of esters is 1. The van der Waals surface area contributed by atoms with Crippen molar-refractivity contribution in [3.8, 4) is 11.3 Å². The maximum atomic E-state index is 11.2. The third-order valence-corrected chi connectivity index (χ3v) is 2.77. The minimum atomic E-state index is -0.391. The van der Waals surface area contributed by atoms with E-state index < -0.39 is 5.97 Å². The molecule has 0 bridgehead atoms. The van der Waals surface area contributed by atoms with Crippen molar-refractivity contribution in [2.75, 3.05) is 6.61 Å². The van der Waals surface area contributed by atoms with Crippen LogP contribution >= 0.6 is 11.6 Å². The molecule has 0 spiro atoms. The van der Waals surface area contributed by atoms with Gasteiger partial charge in [-0.1, -0.05) is 23.7 Å². The van der Waals surface area contributed by atoms with Crippen LogP contribution in [0.3, 0.4) is 0 Å². The van der Waals surface area contributed by atoms with E-state index in [1.54, 1.807) is 25.1 Å². The summed E-state index contributed by atoms with van der Waals surface area (Å²) in [6.07, 6.45) is 2.90. The van der Waals surface area contributed by atoms with Gasteiger partial charge in [-0.05, 0) is 37.3 Å². The van der Waals surface area contributed by atoms with Crippen LogP contribution in [0.5, 0.6) is 0 Å². The van der Waals surface area contributed by atoms with Crippen LogP contribution in [-0.4, -0.2) is 12.6 Å². The number of carbonyl (C=O) groups excluding carboxylic acids is 1. The van der Waals surface area contributed by atoms with Crippen molar-refractivity contribution in [1.82, 2.24) is 0 Å². The van der Waals surface area contributed by atoms with E-state index in [0.717, 1.165) is 5.56 Å². The highest BCUT2D eigenvalue weighted by Crippen LogP contribution is 2.29. The smallest absolute Gasteiger partial charge is 0.330 e. The summed E-state index contributed by atoms with van der Waals surface area (Å²) in [5.74, 6) is 0.843. The van der Waals surface area contributed by atoms with Gasteiger partial charge in [0.25, 0.3) is 0 Å². The van der Waals surface area contributed by atoms with Crippen molar-refractivity contribution in [3.05, 3.63) is 53.3 Å². The van der Waals surface area contributed by atoms with Crippen molar-refractivity contribution in [2.45, 2.75) is 6.92 Å². The van der Waals surface area contributed by atoms with E-state index in [1.165, 1.54) is 6.08 Å². The Balaban J connectivity index is 2.16. The van der Waals surface area contributed by atoms with Crippen molar-refractivity contribution in [2.24, 2.45) is 0 Å². The molecule has 2 rings (SSSR count). The molecule has 0 unspecified atom stereocenters. The molecular weight excluding hydrogens is 264 g/mol. The Kier molecular flexibility index (Phi) is 4.42. The zero-order chi connectivity index (χ0) is 13.7. The summed E-state index contributed by atoms with van der Waals surface area (Å²) < 4.78 is 10.4. The molecule has 0 fully saturated rings. The molecule has 0 N–H and O–H groups in total. The number of ether oxygens (including phenoxy) is 1. The van der Waals surface area contributed by atoms with Crippen LogP contribution in [0.2, 0.25) is 5.02 Å². The largest absolute Gasteiger partial charge is 0.463 e. The van der Waals surface area contributed by atoms with Gasteiger partial charge in [0.15, 0.2) is 0 Å². The van der Waals surface area contributed by atoms with Crippen LogP contribution in [0, 0.1) is 0 Å². The lowest BCUT2D eigenvalue weighted by Gasteiger charge is -1.98. The molecule has 1 heterocycles. The second kappa shape index (κ2) is 6.25. The number of furan rings is 1. The van der Waals surface area contributed by atoms with Crippen molar-refractivity contribution >= 4 is 23.6 Å². The van der Waals surface area contributed by atoms with Gasteiger partial charge >= 0.3 is 5.97 Å². The van der Waals surface area contributed by atoms with Crippen LogP contribution in [0.25, 0.3) is 17.4 Å². The molecule has 0 saturated heterocycles. The highest BCUT2D eigenvalue weighted by molar-refractivity contribution is 6.33. The summed E-state index contributed by atoms with van der Waals surface area (Å²) in [4.78, 5) is 11.2. The minimum absolute atomic E-state index is 0.353. The normalized spacial score (nSPS) is 10.8. The number of benzene rings is 1. The number of rotatable bonds is 4. The van der Waals surface area contributed by atoms with E-state index >= 15 is 0 Å². The third kappa shape index (κ3) is 3.48. The van der Waals surface area contributed by atoms with E-state index in [9.17, 15) is 4.79 Å². The van der Waals surface area contributed by atoms with Gasteiger partial charge in [0, 0.05) is 11.6 Å². The Morgan fingerprint density at radius 3 is 2.84 bits per heavy atom. The lowest BCUT2D eigenvalue weighted by atomic mass is 10.2. The molecule has 19 heavy (non-hydrogen) atoms. The summed E-state index contributed by atoms with van der Waals surface area (Å²) >= 11 is 6.08. The van der Waals surface area contributed by atoms with Gasteiger partial charge in [-0.2, -0.15) is 0 Å². The Morgan fingerprint density at radius 1 is 1.32 bits per heavy atom. The van der Waals surface area contributed by atoms with Gasteiger partial charge in [0.2, 0.25) is 0 Å². The molecule has 1 aromatic carbocycles.